The molecular formula is C13H23BFNO4. The molecule has 2 fully saturated rings. The fourth-order valence-corrected chi connectivity index (χ4v) is 4.32. The molecule has 0 bridgehead atoms. The predicted octanol–water partition coefficient (Wildman–Crippen LogP) is 0.652. The van der Waals surface area contributed by atoms with Gasteiger partial charge >= 0.3 is 13.1 Å². The minimum atomic E-state index is -1.41. The van der Waals surface area contributed by atoms with Crippen molar-refractivity contribution in [2.24, 2.45) is 29.4 Å². The highest BCUT2D eigenvalue weighted by atomic mass is 19.1. The van der Waals surface area contributed by atoms with Crippen LogP contribution in [0.2, 0.25) is 6.32 Å². The van der Waals surface area contributed by atoms with Gasteiger partial charge in [0.05, 0.1) is 0 Å². The maximum absolute atomic E-state index is 14.4. The van der Waals surface area contributed by atoms with Crippen molar-refractivity contribution in [2.75, 3.05) is 0 Å². The summed E-state index contributed by atoms with van der Waals surface area (Å²) in [6.45, 7) is 1.86. The lowest BCUT2D eigenvalue weighted by Gasteiger charge is -2.31. The van der Waals surface area contributed by atoms with Gasteiger partial charge in [-0.2, -0.15) is 0 Å². The summed E-state index contributed by atoms with van der Waals surface area (Å²) in [4.78, 5) is 11.5. The van der Waals surface area contributed by atoms with Gasteiger partial charge in [-0.1, -0.05) is 13.3 Å². The number of alkyl halides is 1. The molecule has 5 nitrogen and oxygen atoms in total. The second-order valence-corrected chi connectivity index (χ2v) is 6.56. The molecule has 2 aliphatic rings. The normalized spacial score (nSPS) is 43.5. The van der Waals surface area contributed by atoms with Gasteiger partial charge in [-0.05, 0) is 49.3 Å². The third-order valence-corrected chi connectivity index (χ3v) is 5.23. The molecule has 20 heavy (non-hydrogen) atoms. The van der Waals surface area contributed by atoms with Crippen molar-refractivity contribution in [1.82, 2.24) is 0 Å². The third kappa shape index (κ3) is 2.58. The Labute approximate surface area is 118 Å². The zero-order chi connectivity index (χ0) is 15.1. The summed E-state index contributed by atoms with van der Waals surface area (Å²) in [6, 6.07) is 0. The molecule has 0 unspecified atom stereocenters. The lowest BCUT2D eigenvalue weighted by atomic mass is 9.75. The number of hydrogen-bond acceptors (Lipinski definition) is 4. The van der Waals surface area contributed by atoms with Crippen LogP contribution in [0.5, 0.6) is 0 Å². The molecule has 2 aliphatic carbocycles. The molecule has 2 saturated carbocycles. The molecule has 0 aromatic heterocycles. The first-order chi connectivity index (χ1) is 9.27. The van der Waals surface area contributed by atoms with E-state index in [1.54, 1.807) is 0 Å². The van der Waals surface area contributed by atoms with Gasteiger partial charge in [0.15, 0.2) is 0 Å². The fraction of sp³-hybridized carbons (Fsp3) is 0.923. The van der Waals surface area contributed by atoms with Crippen molar-refractivity contribution >= 4 is 13.1 Å². The number of rotatable bonds is 5. The molecule has 0 spiro atoms. The van der Waals surface area contributed by atoms with E-state index >= 15 is 0 Å². The second kappa shape index (κ2) is 5.62. The first-order valence-corrected chi connectivity index (χ1v) is 7.30. The number of aliphatic carboxylic acids is 1. The van der Waals surface area contributed by atoms with Crippen molar-refractivity contribution in [3.05, 3.63) is 0 Å². The Hall–Kier alpha value is -0.655. The van der Waals surface area contributed by atoms with Crippen LogP contribution in [0.15, 0.2) is 0 Å². The molecule has 0 saturated heterocycles. The monoisotopic (exact) mass is 287 g/mol. The molecule has 0 radical (unpaired) electrons. The topological polar surface area (TPSA) is 104 Å². The van der Waals surface area contributed by atoms with Crippen molar-refractivity contribution in [3.63, 3.8) is 0 Å². The molecule has 0 aromatic rings. The van der Waals surface area contributed by atoms with Crippen LogP contribution in [0.3, 0.4) is 0 Å². The number of carboxylic acid groups (broad SMARTS) is 1. The smallest absolute Gasteiger partial charge is 0.451 e. The average Bonchev–Trinajstić information content (AvgIpc) is 2.76. The Morgan fingerprint density at radius 2 is 2.15 bits per heavy atom. The lowest BCUT2D eigenvalue weighted by Crippen LogP contribution is -2.53. The van der Waals surface area contributed by atoms with Crippen molar-refractivity contribution < 1.29 is 24.3 Å². The summed E-state index contributed by atoms with van der Waals surface area (Å²) in [6.07, 6.45) is 1.04. The van der Waals surface area contributed by atoms with Gasteiger partial charge in [0.2, 0.25) is 0 Å². The zero-order valence-electron chi connectivity index (χ0n) is 11.7. The predicted molar refractivity (Wildman–Crippen MR) is 72.6 cm³/mol. The van der Waals surface area contributed by atoms with Gasteiger partial charge < -0.3 is 20.9 Å². The highest BCUT2D eigenvalue weighted by Gasteiger charge is 2.61. The van der Waals surface area contributed by atoms with Crippen LogP contribution in [0.4, 0.5) is 4.39 Å². The van der Waals surface area contributed by atoms with E-state index in [0.29, 0.717) is 25.7 Å². The number of nitrogens with two attached hydrogens (primary N) is 1. The van der Waals surface area contributed by atoms with E-state index in [4.69, 9.17) is 15.8 Å². The number of halogens is 1. The number of carboxylic acids is 1. The Balaban J connectivity index is 2.14. The summed E-state index contributed by atoms with van der Waals surface area (Å²) in [5.74, 6) is -1.81. The van der Waals surface area contributed by atoms with E-state index in [9.17, 15) is 14.3 Å². The molecular weight excluding hydrogens is 264 g/mol. The zero-order valence-corrected chi connectivity index (χ0v) is 11.7. The maximum Gasteiger partial charge on any atom is 0.451 e. The van der Waals surface area contributed by atoms with Crippen LogP contribution in [0.25, 0.3) is 0 Å². The first kappa shape index (κ1) is 15.7. The SMILES string of the molecule is C[C@H]1C[C@@H]2C[C@@](N)(C(=O)O)[C@@H](CCCB(O)O)[C@@H]2[C@H]1F. The Bertz CT molecular complexity index is 383. The Morgan fingerprint density at radius 3 is 2.70 bits per heavy atom. The molecule has 5 N–H and O–H groups in total. The number of hydrogen-bond donors (Lipinski definition) is 4. The van der Waals surface area contributed by atoms with Crippen LogP contribution < -0.4 is 5.73 Å². The van der Waals surface area contributed by atoms with Crippen LogP contribution in [0, 0.1) is 23.7 Å². The van der Waals surface area contributed by atoms with Gasteiger partial charge in [0.25, 0.3) is 0 Å². The summed E-state index contributed by atoms with van der Waals surface area (Å²) >= 11 is 0. The van der Waals surface area contributed by atoms with Crippen molar-refractivity contribution in [3.8, 4) is 0 Å². The minimum Gasteiger partial charge on any atom is -0.480 e. The van der Waals surface area contributed by atoms with Gasteiger partial charge in [-0.3, -0.25) is 4.79 Å². The summed E-state index contributed by atoms with van der Waals surface area (Å²) in [5.41, 5.74) is 4.69. The summed E-state index contributed by atoms with van der Waals surface area (Å²) in [5, 5.41) is 27.2. The molecule has 0 aromatic carbocycles. The number of fused-ring (bicyclic) bond motifs is 1. The van der Waals surface area contributed by atoms with E-state index in [2.05, 4.69) is 0 Å². The van der Waals surface area contributed by atoms with Gasteiger partial charge in [0, 0.05) is 0 Å². The standard InChI is InChI=1S/C13H23BFNO4/c1-7-5-8-6-13(16,12(17)18)9(10(8)11(7)15)3-2-4-14(19)20/h7-11,19-20H,2-6,16H2,1H3,(H,17,18)/t7-,8+,9-,10+,11-,13-/m0/s1. The highest BCUT2D eigenvalue weighted by Crippen LogP contribution is 2.56. The maximum atomic E-state index is 14.4. The second-order valence-electron chi connectivity index (χ2n) is 6.56. The largest absolute Gasteiger partial charge is 0.480 e. The van der Waals surface area contributed by atoms with Gasteiger partial charge in [-0.25, -0.2) is 4.39 Å². The van der Waals surface area contributed by atoms with E-state index in [1.165, 1.54) is 0 Å². The molecule has 7 heteroatoms. The molecule has 0 amide bonds. The van der Waals surface area contributed by atoms with E-state index in [-0.39, 0.29) is 24.1 Å². The van der Waals surface area contributed by atoms with Crippen LogP contribution >= 0.6 is 0 Å². The molecule has 2 rings (SSSR count). The molecule has 0 heterocycles. The van der Waals surface area contributed by atoms with E-state index in [1.807, 2.05) is 6.92 Å². The van der Waals surface area contributed by atoms with Crippen LogP contribution in [-0.2, 0) is 4.79 Å². The van der Waals surface area contributed by atoms with E-state index in [0.717, 1.165) is 0 Å². The summed E-state index contributed by atoms with van der Waals surface area (Å²) < 4.78 is 14.4. The van der Waals surface area contributed by atoms with Crippen LogP contribution in [-0.4, -0.2) is 40.0 Å². The minimum absolute atomic E-state index is 0.0325. The fourth-order valence-electron chi connectivity index (χ4n) is 4.32. The molecule has 6 atom stereocenters. The van der Waals surface area contributed by atoms with Gasteiger partial charge in [-0.15, -0.1) is 0 Å². The Morgan fingerprint density at radius 1 is 1.50 bits per heavy atom. The molecule has 0 aliphatic heterocycles. The Kier molecular flexibility index (Phi) is 4.42. The summed E-state index contributed by atoms with van der Waals surface area (Å²) in [7, 11) is -1.41. The third-order valence-electron chi connectivity index (χ3n) is 5.23. The van der Waals surface area contributed by atoms with Gasteiger partial charge in [0.1, 0.15) is 11.7 Å². The number of carbonyl (C=O) groups is 1. The molecule has 114 valence electrons. The average molecular weight is 287 g/mol. The van der Waals surface area contributed by atoms with Crippen molar-refractivity contribution in [2.45, 2.75) is 50.6 Å². The quantitative estimate of drug-likeness (QED) is 0.556. The lowest BCUT2D eigenvalue weighted by molar-refractivity contribution is -0.145. The van der Waals surface area contributed by atoms with Crippen LogP contribution in [0.1, 0.15) is 32.6 Å². The van der Waals surface area contributed by atoms with E-state index < -0.39 is 30.7 Å². The highest BCUT2D eigenvalue weighted by molar-refractivity contribution is 6.40. The van der Waals surface area contributed by atoms with Crippen molar-refractivity contribution in [1.29, 1.82) is 0 Å². The first-order valence-electron chi connectivity index (χ1n) is 7.30.